The number of para-hydroxylation sites is 1. The highest BCUT2D eigenvalue weighted by Gasteiger charge is 2.30. The second-order valence-corrected chi connectivity index (χ2v) is 6.71. The fraction of sp³-hybridized carbons (Fsp3) is 0.647. The minimum atomic E-state index is 0.818. The maximum absolute atomic E-state index is 6.16. The number of rotatable bonds is 4. The van der Waals surface area contributed by atoms with Crippen molar-refractivity contribution < 1.29 is 0 Å². The van der Waals surface area contributed by atoms with Gasteiger partial charge in [-0.15, -0.1) is 0 Å². The average Bonchev–Trinajstić information content (AvgIpc) is 2.49. The molecule has 2 fully saturated rings. The molecule has 1 saturated heterocycles. The van der Waals surface area contributed by atoms with E-state index in [1.165, 1.54) is 45.2 Å². The first-order chi connectivity index (χ1) is 9.83. The average molecular weight is 293 g/mol. The number of nitrogens with zero attached hydrogens (tertiary/aromatic N) is 1. The predicted octanol–water partition coefficient (Wildman–Crippen LogP) is 4.26. The van der Waals surface area contributed by atoms with Gasteiger partial charge in [-0.25, -0.2) is 0 Å². The molecule has 3 heteroatoms. The quantitative estimate of drug-likeness (QED) is 0.892. The minimum absolute atomic E-state index is 0.818. The van der Waals surface area contributed by atoms with Crippen molar-refractivity contribution >= 4 is 17.3 Å². The van der Waals surface area contributed by atoms with Crippen LogP contribution in [-0.4, -0.2) is 31.1 Å². The van der Waals surface area contributed by atoms with E-state index in [0.717, 1.165) is 35.6 Å². The van der Waals surface area contributed by atoms with Crippen LogP contribution in [0.3, 0.4) is 0 Å². The van der Waals surface area contributed by atoms with E-state index >= 15 is 0 Å². The number of nitrogens with one attached hydrogen (secondary N) is 1. The van der Waals surface area contributed by atoms with Crippen molar-refractivity contribution in [3.63, 3.8) is 0 Å². The lowest BCUT2D eigenvalue weighted by Gasteiger charge is -2.41. The summed E-state index contributed by atoms with van der Waals surface area (Å²) in [7, 11) is 0. The van der Waals surface area contributed by atoms with Gasteiger partial charge >= 0.3 is 0 Å². The Morgan fingerprint density at radius 1 is 1.10 bits per heavy atom. The first kappa shape index (κ1) is 14.2. The highest BCUT2D eigenvalue weighted by atomic mass is 35.5. The predicted molar refractivity (Wildman–Crippen MR) is 86.4 cm³/mol. The number of hydrogen-bond acceptors (Lipinski definition) is 2. The fourth-order valence-electron chi connectivity index (χ4n) is 3.83. The van der Waals surface area contributed by atoms with E-state index in [2.05, 4.69) is 16.3 Å². The van der Waals surface area contributed by atoms with Gasteiger partial charge in [0.25, 0.3) is 0 Å². The molecule has 1 aromatic rings. The van der Waals surface area contributed by atoms with Gasteiger partial charge in [0.05, 0.1) is 10.7 Å². The molecule has 110 valence electrons. The third kappa shape index (κ3) is 3.48. The molecule has 2 atom stereocenters. The summed E-state index contributed by atoms with van der Waals surface area (Å²) < 4.78 is 0. The summed E-state index contributed by atoms with van der Waals surface area (Å²) in [6.07, 6.45) is 7.27. The molecule has 1 aliphatic carbocycles. The summed E-state index contributed by atoms with van der Waals surface area (Å²) >= 11 is 6.16. The Hall–Kier alpha value is -0.730. The lowest BCUT2D eigenvalue weighted by molar-refractivity contribution is 0.0898. The minimum Gasteiger partial charge on any atom is -0.383 e. The summed E-state index contributed by atoms with van der Waals surface area (Å²) in [4.78, 5) is 2.64. The van der Waals surface area contributed by atoms with Gasteiger partial charge in [-0.1, -0.05) is 43.0 Å². The Kier molecular flexibility index (Phi) is 4.85. The van der Waals surface area contributed by atoms with Crippen LogP contribution in [-0.2, 0) is 0 Å². The van der Waals surface area contributed by atoms with Crippen LogP contribution < -0.4 is 5.32 Å². The smallest absolute Gasteiger partial charge is 0.0637 e. The van der Waals surface area contributed by atoms with Gasteiger partial charge in [-0.3, -0.25) is 0 Å². The molecule has 1 aromatic carbocycles. The molecule has 1 heterocycles. The Morgan fingerprint density at radius 2 is 1.90 bits per heavy atom. The molecule has 0 spiro atoms. The van der Waals surface area contributed by atoms with Crippen molar-refractivity contribution in [2.45, 2.75) is 32.1 Å². The zero-order valence-corrected chi connectivity index (χ0v) is 12.9. The van der Waals surface area contributed by atoms with Crippen LogP contribution in [0.4, 0.5) is 5.69 Å². The number of fused-ring (bicyclic) bond motifs is 1. The Morgan fingerprint density at radius 3 is 2.75 bits per heavy atom. The summed E-state index contributed by atoms with van der Waals surface area (Å²) in [6.45, 7) is 4.72. The summed E-state index contributed by atoms with van der Waals surface area (Å²) in [6, 6.07) is 8.00. The number of benzene rings is 1. The summed E-state index contributed by atoms with van der Waals surface area (Å²) in [5, 5.41) is 4.28. The van der Waals surface area contributed by atoms with Gasteiger partial charge in [-0.2, -0.15) is 0 Å². The molecule has 0 aromatic heterocycles. The highest BCUT2D eigenvalue weighted by Crippen LogP contribution is 2.35. The van der Waals surface area contributed by atoms with E-state index in [1.54, 1.807) is 0 Å². The van der Waals surface area contributed by atoms with Crippen molar-refractivity contribution in [2.24, 2.45) is 11.8 Å². The lowest BCUT2D eigenvalue weighted by Crippen LogP contribution is -2.43. The number of piperidine rings is 1. The van der Waals surface area contributed by atoms with Crippen LogP contribution in [0.5, 0.6) is 0 Å². The number of halogens is 1. The van der Waals surface area contributed by atoms with Crippen LogP contribution in [0.2, 0.25) is 5.02 Å². The third-order valence-electron chi connectivity index (χ3n) is 4.99. The molecule has 20 heavy (non-hydrogen) atoms. The normalized spacial score (nSPS) is 27.1. The van der Waals surface area contributed by atoms with Crippen LogP contribution in [0.25, 0.3) is 0 Å². The second kappa shape index (κ2) is 6.82. The van der Waals surface area contributed by atoms with E-state index < -0.39 is 0 Å². The summed E-state index contributed by atoms with van der Waals surface area (Å²) in [5.74, 6) is 1.99. The molecule has 0 amide bonds. The van der Waals surface area contributed by atoms with Crippen molar-refractivity contribution in [3.8, 4) is 0 Å². The van der Waals surface area contributed by atoms with Gasteiger partial charge in [0, 0.05) is 19.6 Å². The second-order valence-electron chi connectivity index (χ2n) is 6.30. The molecule has 1 saturated carbocycles. The third-order valence-corrected chi connectivity index (χ3v) is 5.32. The van der Waals surface area contributed by atoms with Crippen molar-refractivity contribution in [1.82, 2.24) is 4.90 Å². The van der Waals surface area contributed by atoms with Crippen molar-refractivity contribution in [3.05, 3.63) is 29.3 Å². The monoisotopic (exact) mass is 292 g/mol. The molecular weight excluding hydrogens is 268 g/mol. The zero-order valence-electron chi connectivity index (χ0n) is 12.2. The topological polar surface area (TPSA) is 15.3 Å². The summed E-state index contributed by atoms with van der Waals surface area (Å²) in [5.41, 5.74) is 1.06. The van der Waals surface area contributed by atoms with E-state index in [4.69, 9.17) is 11.6 Å². The Labute approximate surface area is 127 Å². The van der Waals surface area contributed by atoms with Gasteiger partial charge < -0.3 is 10.2 Å². The van der Waals surface area contributed by atoms with E-state index in [1.807, 2.05) is 18.2 Å². The van der Waals surface area contributed by atoms with Crippen LogP contribution in [0.1, 0.15) is 32.1 Å². The van der Waals surface area contributed by atoms with Gasteiger partial charge in [0.15, 0.2) is 0 Å². The number of hydrogen-bond donors (Lipinski definition) is 1. The Balaban J connectivity index is 1.44. The van der Waals surface area contributed by atoms with Crippen molar-refractivity contribution in [2.75, 3.05) is 31.5 Å². The molecule has 1 N–H and O–H groups in total. The van der Waals surface area contributed by atoms with Crippen LogP contribution in [0, 0.1) is 11.8 Å². The van der Waals surface area contributed by atoms with E-state index in [0.29, 0.717) is 0 Å². The molecule has 3 rings (SSSR count). The van der Waals surface area contributed by atoms with Crippen LogP contribution >= 0.6 is 11.6 Å². The molecule has 2 nitrogen and oxygen atoms in total. The molecule has 2 unspecified atom stereocenters. The molecular formula is C17H25ClN2. The fourth-order valence-corrected chi connectivity index (χ4v) is 4.04. The van der Waals surface area contributed by atoms with Gasteiger partial charge in [0.1, 0.15) is 0 Å². The molecule has 0 radical (unpaired) electrons. The standard InChI is InChI=1S/C17H25ClN2/c18-16-7-3-4-8-17(16)19-10-12-20-11-9-14-5-1-2-6-15(14)13-20/h3-4,7-8,14-15,19H,1-2,5-6,9-13H2. The maximum atomic E-state index is 6.16. The zero-order chi connectivity index (χ0) is 13.8. The molecule has 1 aliphatic heterocycles. The Bertz CT molecular complexity index is 435. The van der Waals surface area contributed by atoms with Crippen LogP contribution in [0.15, 0.2) is 24.3 Å². The van der Waals surface area contributed by atoms with E-state index in [-0.39, 0.29) is 0 Å². The van der Waals surface area contributed by atoms with Gasteiger partial charge in [0.2, 0.25) is 0 Å². The van der Waals surface area contributed by atoms with Crippen molar-refractivity contribution in [1.29, 1.82) is 0 Å². The lowest BCUT2D eigenvalue weighted by atomic mass is 9.75. The maximum Gasteiger partial charge on any atom is 0.0637 e. The number of anilines is 1. The molecule has 2 aliphatic rings. The first-order valence-corrected chi connectivity index (χ1v) is 8.41. The first-order valence-electron chi connectivity index (χ1n) is 8.03. The largest absolute Gasteiger partial charge is 0.383 e. The highest BCUT2D eigenvalue weighted by molar-refractivity contribution is 6.33. The number of likely N-dealkylation sites (tertiary alicyclic amines) is 1. The molecule has 0 bridgehead atoms. The SMILES string of the molecule is Clc1ccccc1NCCN1CCC2CCCCC2C1. The van der Waals surface area contributed by atoms with Gasteiger partial charge in [-0.05, 0) is 43.4 Å². The van der Waals surface area contributed by atoms with E-state index in [9.17, 15) is 0 Å².